The molecule has 0 radical (unpaired) electrons. The molecule has 2 aromatic carbocycles. The average molecular weight is 432 g/mol. The van der Waals surface area contributed by atoms with Crippen LogP contribution in [0.15, 0.2) is 65.7 Å². The van der Waals surface area contributed by atoms with Gasteiger partial charge in [0.05, 0.1) is 11.7 Å². The average Bonchev–Trinajstić information content (AvgIpc) is 3.07. The number of aromatic nitrogens is 2. The Labute approximate surface area is 185 Å². The topological polar surface area (TPSA) is 64.0 Å². The molecule has 0 bridgehead atoms. The van der Waals surface area contributed by atoms with Crippen LogP contribution in [-0.2, 0) is 16.8 Å². The highest BCUT2D eigenvalue weighted by atomic mass is 32.1. The number of anilines is 1. The van der Waals surface area contributed by atoms with Gasteiger partial charge >= 0.3 is 0 Å². The number of hydrogen-bond acceptors (Lipinski definition) is 4. The number of amides is 1. The third-order valence-electron chi connectivity index (χ3n) is 5.24. The number of thiophene rings is 1. The van der Waals surface area contributed by atoms with Gasteiger partial charge in [0.15, 0.2) is 0 Å². The third-order valence-corrected chi connectivity index (χ3v) is 6.25. The predicted molar refractivity (Wildman–Crippen MR) is 128 cm³/mol. The smallest absolute Gasteiger partial charge is 0.263 e. The number of hydrogen-bond donors (Lipinski definition) is 1. The van der Waals surface area contributed by atoms with Gasteiger partial charge in [0.2, 0.25) is 5.91 Å². The van der Waals surface area contributed by atoms with Gasteiger partial charge < -0.3 is 5.32 Å². The summed E-state index contributed by atoms with van der Waals surface area (Å²) in [5.74, 6) is -0.256. The van der Waals surface area contributed by atoms with Crippen molar-refractivity contribution in [3.05, 3.63) is 81.7 Å². The van der Waals surface area contributed by atoms with E-state index < -0.39 is 0 Å². The Bertz CT molecular complexity index is 1310. The summed E-state index contributed by atoms with van der Waals surface area (Å²) in [7, 11) is 0. The minimum atomic E-state index is -0.256. The molecule has 2 heterocycles. The lowest BCUT2D eigenvalue weighted by Gasteiger charge is -2.23. The van der Waals surface area contributed by atoms with E-state index in [2.05, 4.69) is 31.1 Å². The van der Waals surface area contributed by atoms with Crippen molar-refractivity contribution in [1.82, 2.24) is 9.55 Å². The Kier molecular flexibility index (Phi) is 5.50. The van der Waals surface area contributed by atoms with E-state index in [0.717, 1.165) is 27.3 Å². The van der Waals surface area contributed by atoms with Gasteiger partial charge in [0, 0.05) is 16.1 Å². The number of para-hydroxylation sites is 1. The van der Waals surface area contributed by atoms with Crippen molar-refractivity contribution < 1.29 is 4.79 Å². The first kappa shape index (κ1) is 21.0. The predicted octanol–water partition coefficient (Wildman–Crippen LogP) is 5.37. The summed E-state index contributed by atoms with van der Waals surface area (Å²) in [4.78, 5) is 32.3. The van der Waals surface area contributed by atoms with Gasteiger partial charge in [0.25, 0.3) is 5.56 Å². The minimum Gasteiger partial charge on any atom is -0.324 e. The van der Waals surface area contributed by atoms with Crippen molar-refractivity contribution in [2.75, 3.05) is 5.32 Å². The van der Waals surface area contributed by atoms with Gasteiger partial charge in [-0.3, -0.25) is 14.2 Å². The van der Waals surface area contributed by atoms with Crippen molar-refractivity contribution in [2.24, 2.45) is 0 Å². The summed E-state index contributed by atoms with van der Waals surface area (Å²) in [6.07, 6.45) is 1.46. The van der Waals surface area contributed by atoms with E-state index in [4.69, 9.17) is 0 Å². The van der Waals surface area contributed by atoms with E-state index in [1.54, 1.807) is 0 Å². The molecule has 5 nitrogen and oxygen atoms in total. The number of rotatable bonds is 4. The van der Waals surface area contributed by atoms with Crippen LogP contribution < -0.4 is 10.9 Å². The Morgan fingerprint density at radius 2 is 1.74 bits per heavy atom. The molecule has 1 amide bonds. The van der Waals surface area contributed by atoms with E-state index in [-0.39, 0.29) is 23.4 Å². The van der Waals surface area contributed by atoms with Crippen molar-refractivity contribution in [2.45, 2.75) is 39.7 Å². The van der Waals surface area contributed by atoms with Gasteiger partial charge in [-0.15, -0.1) is 11.3 Å². The molecule has 6 heteroatoms. The van der Waals surface area contributed by atoms with Crippen LogP contribution in [0.25, 0.3) is 21.3 Å². The number of benzene rings is 2. The first-order valence-corrected chi connectivity index (χ1v) is 11.0. The Morgan fingerprint density at radius 3 is 2.45 bits per heavy atom. The van der Waals surface area contributed by atoms with Crippen LogP contribution in [-0.4, -0.2) is 15.5 Å². The second kappa shape index (κ2) is 8.12. The van der Waals surface area contributed by atoms with Gasteiger partial charge in [-0.1, -0.05) is 69.3 Å². The number of nitrogens with zero attached hydrogens (tertiary/aromatic N) is 2. The number of fused-ring (bicyclic) bond motifs is 1. The van der Waals surface area contributed by atoms with E-state index in [0.29, 0.717) is 10.2 Å². The summed E-state index contributed by atoms with van der Waals surface area (Å²) in [6.45, 7) is 8.21. The maximum Gasteiger partial charge on any atom is 0.263 e. The largest absolute Gasteiger partial charge is 0.324 e. The quantitative estimate of drug-likeness (QED) is 0.472. The highest BCUT2D eigenvalue weighted by Gasteiger charge is 2.20. The van der Waals surface area contributed by atoms with Crippen LogP contribution in [0.1, 0.15) is 31.2 Å². The maximum atomic E-state index is 13.3. The fourth-order valence-electron chi connectivity index (χ4n) is 3.79. The van der Waals surface area contributed by atoms with Crippen molar-refractivity contribution in [3.8, 4) is 11.1 Å². The molecule has 0 saturated heterocycles. The monoisotopic (exact) mass is 431 g/mol. The molecule has 0 saturated carbocycles. The first-order chi connectivity index (χ1) is 14.8. The second-order valence-electron chi connectivity index (χ2n) is 8.60. The van der Waals surface area contributed by atoms with Crippen LogP contribution in [0.2, 0.25) is 0 Å². The molecular weight excluding hydrogens is 406 g/mol. The fraction of sp³-hybridized carbons (Fsp3) is 0.240. The van der Waals surface area contributed by atoms with E-state index in [9.17, 15) is 9.59 Å². The number of carbonyl (C=O) groups is 1. The van der Waals surface area contributed by atoms with Gasteiger partial charge in [-0.05, 0) is 29.5 Å². The van der Waals surface area contributed by atoms with E-state index >= 15 is 0 Å². The summed E-state index contributed by atoms with van der Waals surface area (Å²) in [5, 5.41) is 3.54. The highest BCUT2D eigenvalue weighted by molar-refractivity contribution is 7.19. The molecule has 4 rings (SSSR count). The van der Waals surface area contributed by atoms with Crippen LogP contribution >= 0.6 is 11.3 Å². The van der Waals surface area contributed by atoms with E-state index in [1.165, 1.54) is 22.2 Å². The summed E-state index contributed by atoms with van der Waals surface area (Å²) >= 11 is 1.50. The van der Waals surface area contributed by atoms with Gasteiger partial charge in [-0.25, -0.2) is 4.98 Å². The zero-order valence-corrected chi connectivity index (χ0v) is 18.9. The molecule has 0 atom stereocenters. The number of nitrogens with one attached hydrogen (secondary N) is 1. The molecule has 0 aliphatic carbocycles. The molecule has 0 spiro atoms. The minimum absolute atomic E-state index is 0.0939. The lowest BCUT2D eigenvalue weighted by Crippen LogP contribution is -2.28. The maximum absolute atomic E-state index is 13.3. The molecule has 2 aromatic heterocycles. The lowest BCUT2D eigenvalue weighted by molar-refractivity contribution is -0.116. The van der Waals surface area contributed by atoms with E-state index in [1.807, 2.05) is 61.5 Å². The zero-order valence-electron chi connectivity index (χ0n) is 18.1. The van der Waals surface area contributed by atoms with Crippen molar-refractivity contribution in [1.29, 1.82) is 0 Å². The van der Waals surface area contributed by atoms with Crippen LogP contribution in [0.4, 0.5) is 5.69 Å². The molecule has 0 aliphatic rings. The third kappa shape index (κ3) is 4.16. The van der Waals surface area contributed by atoms with Crippen LogP contribution in [0, 0.1) is 6.92 Å². The van der Waals surface area contributed by atoms with Crippen LogP contribution in [0.3, 0.4) is 0 Å². The fourth-order valence-corrected chi connectivity index (χ4v) is 4.80. The molecule has 0 fully saturated rings. The molecule has 0 unspecified atom stereocenters. The molecule has 1 N–H and O–H groups in total. The first-order valence-electron chi connectivity index (χ1n) is 10.2. The zero-order chi connectivity index (χ0) is 22.2. The molecule has 4 aromatic rings. The molecule has 31 heavy (non-hydrogen) atoms. The summed E-state index contributed by atoms with van der Waals surface area (Å²) < 4.78 is 1.38. The highest BCUT2D eigenvalue weighted by Crippen LogP contribution is 2.35. The van der Waals surface area contributed by atoms with Crippen molar-refractivity contribution in [3.63, 3.8) is 0 Å². The Hall–Kier alpha value is -3.25. The normalized spacial score (nSPS) is 11.6. The molecular formula is C25H25N3O2S. The van der Waals surface area contributed by atoms with Crippen LogP contribution in [0.5, 0.6) is 0 Å². The SMILES string of the molecule is Cc1sc2ncn(CC(=O)Nc3ccccc3C(C)(C)C)c(=O)c2c1-c1ccccc1. The Balaban J connectivity index is 1.68. The van der Waals surface area contributed by atoms with Crippen molar-refractivity contribution >= 4 is 33.1 Å². The number of carbonyl (C=O) groups excluding carboxylic acids is 1. The molecule has 158 valence electrons. The standard InChI is InChI=1S/C25H25N3O2S/c1-16-21(17-10-6-5-7-11-17)22-23(31-16)26-15-28(24(22)30)14-20(29)27-19-13-9-8-12-18(19)25(2,3)4/h5-13,15H,14H2,1-4H3,(H,27,29). The summed E-state index contributed by atoms with van der Waals surface area (Å²) in [5.41, 5.74) is 3.37. The lowest BCUT2D eigenvalue weighted by atomic mass is 9.86. The summed E-state index contributed by atoms with van der Waals surface area (Å²) in [6, 6.07) is 17.6. The van der Waals surface area contributed by atoms with Gasteiger partial charge in [0.1, 0.15) is 11.4 Å². The second-order valence-corrected chi connectivity index (χ2v) is 9.80. The van der Waals surface area contributed by atoms with Gasteiger partial charge in [-0.2, -0.15) is 0 Å². The number of aryl methyl sites for hydroxylation is 1. The molecule has 0 aliphatic heterocycles. The Morgan fingerprint density at radius 1 is 1.06 bits per heavy atom.